The number of amides is 2. The highest BCUT2D eigenvalue weighted by molar-refractivity contribution is 7.91. The Hall–Kier alpha value is -3.87. The Kier molecular flexibility index (Phi) is 10.2. The second kappa shape index (κ2) is 13.2. The van der Waals surface area contributed by atoms with Gasteiger partial charge in [-0.3, -0.25) is 4.90 Å². The summed E-state index contributed by atoms with van der Waals surface area (Å²) in [6.45, 7) is 16.0. The Labute approximate surface area is 238 Å². The largest absolute Gasteiger partial charge is 0.416 e. The summed E-state index contributed by atoms with van der Waals surface area (Å²) in [5.74, 6) is -0.180. The van der Waals surface area contributed by atoms with E-state index in [-0.39, 0.29) is 38.9 Å². The lowest BCUT2D eigenvalue weighted by Crippen LogP contribution is -2.46. The summed E-state index contributed by atoms with van der Waals surface area (Å²) in [6.07, 6.45) is -2.73. The lowest BCUT2D eigenvalue weighted by atomic mass is 9.99. The fraction of sp³-hybridized carbons (Fsp3) is 0.414. The molecule has 218 valence electrons. The molecule has 0 bridgehead atoms. The molecule has 1 aliphatic rings. The molecular formula is C29H32F3N5O3S. The van der Waals surface area contributed by atoms with Gasteiger partial charge in [0.25, 0.3) is 0 Å². The number of nitrogens with one attached hydrogen (secondary N) is 1. The van der Waals surface area contributed by atoms with E-state index >= 15 is 0 Å². The van der Waals surface area contributed by atoms with Crippen molar-refractivity contribution in [3.63, 3.8) is 0 Å². The molecule has 0 unspecified atom stereocenters. The van der Waals surface area contributed by atoms with Crippen LogP contribution in [-0.4, -0.2) is 44.7 Å². The zero-order valence-electron chi connectivity index (χ0n) is 23.1. The van der Waals surface area contributed by atoms with Gasteiger partial charge in [0.15, 0.2) is 9.84 Å². The van der Waals surface area contributed by atoms with Crippen molar-refractivity contribution in [2.24, 2.45) is 0 Å². The minimum Gasteiger partial charge on any atom is -0.335 e. The molecule has 0 spiro atoms. The van der Waals surface area contributed by atoms with Crippen molar-refractivity contribution in [1.29, 1.82) is 5.26 Å². The Morgan fingerprint density at radius 3 is 2.44 bits per heavy atom. The molecule has 1 aliphatic heterocycles. The molecule has 8 nitrogen and oxygen atoms in total. The van der Waals surface area contributed by atoms with Gasteiger partial charge in [-0.1, -0.05) is 32.4 Å². The number of carbonyl (C=O) groups is 1. The molecule has 0 aromatic heterocycles. The first-order valence-electron chi connectivity index (χ1n) is 13.2. The van der Waals surface area contributed by atoms with E-state index < -0.39 is 33.6 Å². The second-order valence-corrected chi connectivity index (χ2v) is 11.7. The lowest BCUT2D eigenvalue weighted by molar-refractivity contribution is -0.137. The zero-order chi connectivity index (χ0) is 30.4. The summed E-state index contributed by atoms with van der Waals surface area (Å²) >= 11 is 0. The van der Waals surface area contributed by atoms with Crippen molar-refractivity contribution in [2.45, 2.75) is 57.1 Å². The summed E-state index contributed by atoms with van der Waals surface area (Å²) in [4.78, 5) is 19.8. The maximum absolute atomic E-state index is 13.5. The molecule has 2 aromatic rings. The molecule has 1 atom stereocenters. The minimum absolute atomic E-state index is 0.0533. The predicted octanol–water partition coefficient (Wildman–Crippen LogP) is 6.28. The van der Waals surface area contributed by atoms with Crippen molar-refractivity contribution in [2.75, 3.05) is 30.3 Å². The van der Waals surface area contributed by atoms with Gasteiger partial charge in [-0.25, -0.2) is 18.1 Å². The molecule has 1 heterocycles. The van der Waals surface area contributed by atoms with Gasteiger partial charge in [-0.2, -0.15) is 18.4 Å². The first-order valence-corrected chi connectivity index (χ1v) is 14.9. The molecule has 0 saturated carbocycles. The van der Waals surface area contributed by atoms with Crippen LogP contribution in [0.2, 0.25) is 0 Å². The number of benzene rings is 2. The van der Waals surface area contributed by atoms with Crippen LogP contribution >= 0.6 is 0 Å². The molecule has 41 heavy (non-hydrogen) atoms. The summed E-state index contributed by atoms with van der Waals surface area (Å²) < 4.78 is 66.9. The molecule has 0 fully saturated rings. The molecule has 2 aromatic carbocycles. The number of sulfone groups is 1. The first kappa shape index (κ1) is 31.7. The SMILES string of the molecule is [C-]#[N+]C1=C(C)N(c2cccc(C(F)(F)F)c2)C(=O)N[C@@H]1c1ccc(C#N)cc1S(=O)(=O)CCCCCN(CC)CC. The second-order valence-electron chi connectivity index (χ2n) is 9.62. The van der Waals surface area contributed by atoms with E-state index in [0.717, 1.165) is 49.2 Å². The maximum Gasteiger partial charge on any atom is 0.416 e. The van der Waals surface area contributed by atoms with E-state index in [0.29, 0.717) is 12.8 Å². The number of allylic oxidation sites excluding steroid dienone is 1. The van der Waals surface area contributed by atoms with E-state index in [1.807, 2.05) is 6.07 Å². The number of unbranched alkanes of at least 4 members (excludes halogenated alkanes) is 2. The van der Waals surface area contributed by atoms with E-state index in [2.05, 4.69) is 28.9 Å². The van der Waals surface area contributed by atoms with Crippen LogP contribution in [0.1, 0.15) is 62.8 Å². The number of carbonyl (C=O) groups excluding carboxylic acids is 1. The fourth-order valence-electron chi connectivity index (χ4n) is 4.80. The van der Waals surface area contributed by atoms with Crippen molar-refractivity contribution < 1.29 is 26.4 Å². The topological polar surface area (TPSA) is 97.9 Å². The van der Waals surface area contributed by atoms with Gasteiger partial charge in [0.1, 0.15) is 0 Å². The molecule has 2 amide bonds. The lowest BCUT2D eigenvalue weighted by Gasteiger charge is -2.34. The van der Waals surface area contributed by atoms with Crippen LogP contribution in [0.25, 0.3) is 4.85 Å². The molecule has 0 saturated heterocycles. The Morgan fingerprint density at radius 2 is 1.83 bits per heavy atom. The summed E-state index contributed by atoms with van der Waals surface area (Å²) in [5.41, 5.74) is -0.813. The minimum atomic E-state index is -4.64. The van der Waals surface area contributed by atoms with E-state index in [1.165, 1.54) is 31.2 Å². The number of halogens is 3. The highest BCUT2D eigenvalue weighted by Gasteiger charge is 2.37. The number of hydrogen-bond acceptors (Lipinski definition) is 5. The van der Waals surface area contributed by atoms with E-state index in [4.69, 9.17) is 6.57 Å². The quantitative estimate of drug-likeness (QED) is 0.246. The summed E-state index contributed by atoms with van der Waals surface area (Å²) in [5, 5.41) is 12.0. The third-order valence-corrected chi connectivity index (χ3v) is 8.92. The number of rotatable bonds is 11. The zero-order valence-corrected chi connectivity index (χ0v) is 23.9. The molecule has 1 N–H and O–H groups in total. The highest BCUT2D eigenvalue weighted by atomic mass is 32.2. The van der Waals surface area contributed by atoms with Gasteiger partial charge in [-0.05, 0) is 75.3 Å². The number of hydrogen-bond donors (Lipinski definition) is 1. The standard InChI is InChI=1S/C29H32F3N5O3S/c1-5-36(6-2)15-8-7-9-16-41(39,40)25-17-21(19-33)13-14-24(25)27-26(34-4)20(3)37(28(38)35-27)23-12-10-11-22(18-23)29(30,31)32/h10-14,17-18,27H,5-9,15-16H2,1-3H3,(H,35,38)/t27-/m1/s1. The van der Waals surface area contributed by atoms with Gasteiger partial charge in [0.2, 0.25) is 5.70 Å². The van der Waals surface area contributed by atoms with Crippen LogP contribution in [0.3, 0.4) is 0 Å². The van der Waals surface area contributed by atoms with Crippen LogP contribution in [0.5, 0.6) is 0 Å². The van der Waals surface area contributed by atoms with E-state index in [1.54, 1.807) is 0 Å². The maximum atomic E-state index is 13.5. The van der Waals surface area contributed by atoms with Crippen LogP contribution in [0.4, 0.5) is 23.7 Å². The summed E-state index contributed by atoms with van der Waals surface area (Å²) in [7, 11) is -3.92. The van der Waals surface area contributed by atoms with Crippen molar-refractivity contribution in [3.05, 3.63) is 82.0 Å². The normalized spacial score (nSPS) is 16.0. The van der Waals surface area contributed by atoms with Gasteiger partial charge in [0.05, 0.1) is 40.5 Å². The molecular weight excluding hydrogens is 555 g/mol. The van der Waals surface area contributed by atoms with Crippen molar-refractivity contribution >= 4 is 21.6 Å². The van der Waals surface area contributed by atoms with Crippen molar-refractivity contribution in [3.8, 4) is 6.07 Å². The van der Waals surface area contributed by atoms with E-state index in [9.17, 15) is 31.6 Å². The number of alkyl halides is 3. The van der Waals surface area contributed by atoms with Gasteiger partial charge in [-0.15, -0.1) is 0 Å². The third kappa shape index (κ3) is 7.26. The van der Waals surface area contributed by atoms with Crippen LogP contribution in [-0.2, 0) is 16.0 Å². The summed E-state index contributed by atoms with van der Waals surface area (Å²) in [6, 6.07) is 8.14. The Morgan fingerprint density at radius 1 is 1.12 bits per heavy atom. The predicted molar refractivity (Wildman–Crippen MR) is 149 cm³/mol. The monoisotopic (exact) mass is 587 g/mol. The number of nitrogens with zero attached hydrogens (tertiary/aromatic N) is 4. The molecule has 0 aliphatic carbocycles. The average Bonchev–Trinajstić information content (AvgIpc) is 2.94. The van der Waals surface area contributed by atoms with Crippen LogP contribution < -0.4 is 10.2 Å². The Balaban J connectivity index is 1.97. The molecule has 0 radical (unpaired) electrons. The van der Waals surface area contributed by atoms with Gasteiger partial charge < -0.3 is 10.2 Å². The average molecular weight is 588 g/mol. The number of anilines is 1. The number of nitriles is 1. The molecule has 12 heteroatoms. The van der Waals surface area contributed by atoms with Crippen molar-refractivity contribution in [1.82, 2.24) is 10.2 Å². The smallest absolute Gasteiger partial charge is 0.335 e. The first-order chi connectivity index (χ1) is 19.4. The van der Waals surface area contributed by atoms with Gasteiger partial charge >= 0.3 is 12.2 Å². The Bertz CT molecular complexity index is 1500. The van der Waals surface area contributed by atoms with Crippen LogP contribution in [0.15, 0.2) is 58.8 Å². The molecule has 3 rings (SSSR count). The fourth-order valence-corrected chi connectivity index (χ4v) is 6.46. The third-order valence-electron chi connectivity index (χ3n) is 7.07. The van der Waals surface area contributed by atoms with Gasteiger partial charge in [0, 0.05) is 11.4 Å². The number of urea groups is 1. The van der Waals surface area contributed by atoms with Crippen LogP contribution in [0, 0.1) is 17.9 Å². The highest BCUT2D eigenvalue weighted by Crippen LogP contribution is 2.39.